The van der Waals surface area contributed by atoms with E-state index < -0.39 is 0 Å². The predicted octanol–water partition coefficient (Wildman–Crippen LogP) is 2.18. The lowest BCUT2D eigenvalue weighted by Gasteiger charge is -2.23. The van der Waals surface area contributed by atoms with Crippen molar-refractivity contribution in [1.82, 2.24) is 15.1 Å². The maximum absolute atomic E-state index is 11.9. The lowest BCUT2D eigenvalue weighted by molar-refractivity contribution is -0.127. The summed E-state index contributed by atoms with van der Waals surface area (Å²) in [6.07, 6.45) is 2.40. The molecule has 7 nitrogen and oxygen atoms in total. The number of aliphatic imine (C=N–C) groups is 1. The minimum absolute atomic E-state index is 0.0466. The SMILES string of the molecule is Cc1ccc(OCCN(C)C(=NCC(=O)N(C)C)NCCc2ccco2)cc1. The number of aryl methyl sites for hydroxylation is 1. The average Bonchev–Trinajstić information content (AvgIpc) is 3.19. The number of nitrogens with one attached hydrogen (secondary N) is 1. The van der Waals surface area contributed by atoms with Crippen molar-refractivity contribution in [3.05, 3.63) is 54.0 Å². The highest BCUT2D eigenvalue weighted by atomic mass is 16.5. The van der Waals surface area contributed by atoms with Crippen LogP contribution in [0.15, 0.2) is 52.1 Å². The van der Waals surface area contributed by atoms with E-state index in [-0.39, 0.29) is 12.5 Å². The van der Waals surface area contributed by atoms with Gasteiger partial charge in [-0.3, -0.25) is 4.79 Å². The van der Waals surface area contributed by atoms with E-state index in [0.717, 1.165) is 17.9 Å². The Kier molecular flexibility index (Phi) is 8.39. The summed E-state index contributed by atoms with van der Waals surface area (Å²) in [6.45, 7) is 3.95. The highest BCUT2D eigenvalue weighted by Gasteiger charge is 2.09. The van der Waals surface area contributed by atoms with Crippen molar-refractivity contribution >= 4 is 11.9 Å². The molecule has 0 spiro atoms. The van der Waals surface area contributed by atoms with E-state index in [1.54, 1.807) is 20.4 Å². The van der Waals surface area contributed by atoms with Crippen molar-refractivity contribution in [3.63, 3.8) is 0 Å². The second-order valence-electron chi connectivity index (χ2n) is 6.77. The number of carbonyl (C=O) groups excluding carboxylic acids is 1. The van der Waals surface area contributed by atoms with Gasteiger partial charge in [0, 0.05) is 34.1 Å². The van der Waals surface area contributed by atoms with Gasteiger partial charge in [0.25, 0.3) is 0 Å². The van der Waals surface area contributed by atoms with Crippen LogP contribution in [0, 0.1) is 6.92 Å². The number of rotatable bonds is 9. The van der Waals surface area contributed by atoms with E-state index in [0.29, 0.717) is 25.7 Å². The smallest absolute Gasteiger partial charge is 0.243 e. The molecule has 0 aliphatic carbocycles. The average molecular weight is 386 g/mol. The summed E-state index contributed by atoms with van der Waals surface area (Å²) >= 11 is 0. The zero-order valence-corrected chi connectivity index (χ0v) is 17.1. The molecule has 1 aromatic carbocycles. The highest BCUT2D eigenvalue weighted by molar-refractivity contribution is 5.84. The zero-order chi connectivity index (χ0) is 20.4. The number of benzene rings is 1. The van der Waals surface area contributed by atoms with Gasteiger partial charge in [0.1, 0.15) is 24.7 Å². The van der Waals surface area contributed by atoms with Gasteiger partial charge < -0.3 is 24.3 Å². The first-order chi connectivity index (χ1) is 13.5. The molecule has 152 valence electrons. The van der Waals surface area contributed by atoms with E-state index in [2.05, 4.69) is 10.3 Å². The molecule has 0 aliphatic rings. The van der Waals surface area contributed by atoms with Crippen LogP contribution in [-0.4, -0.2) is 69.1 Å². The van der Waals surface area contributed by atoms with Crippen LogP contribution in [0.25, 0.3) is 0 Å². The van der Waals surface area contributed by atoms with Gasteiger partial charge >= 0.3 is 0 Å². The molecule has 1 heterocycles. The summed E-state index contributed by atoms with van der Waals surface area (Å²) in [5, 5.41) is 3.30. The Morgan fingerprint density at radius 2 is 1.93 bits per heavy atom. The van der Waals surface area contributed by atoms with Crippen LogP contribution in [0.1, 0.15) is 11.3 Å². The van der Waals surface area contributed by atoms with E-state index in [4.69, 9.17) is 9.15 Å². The van der Waals surface area contributed by atoms with E-state index in [1.807, 2.05) is 55.3 Å². The molecule has 2 aromatic rings. The van der Waals surface area contributed by atoms with Gasteiger partial charge in [0.15, 0.2) is 5.96 Å². The number of carbonyl (C=O) groups is 1. The number of likely N-dealkylation sites (N-methyl/N-ethyl adjacent to an activating group) is 2. The maximum atomic E-state index is 11.9. The van der Waals surface area contributed by atoms with Gasteiger partial charge in [-0.2, -0.15) is 0 Å². The number of guanidine groups is 1. The Hall–Kier alpha value is -2.96. The molecule has 0 fully saturated rings. The Labute approximate surface area is 167 Å². The standard InChI is InChI=1S/C21H30N4O3/c1-17-7-9-19(10-8-17)28-15-13-25(4)21(23-16-20(26)24(2)3)22-12-11-18-6-5-14-27-18/h5-10,14H,11-13,15-16H2,1-4H3,(H,22,23). The largest absolute Gasteiger partial charge is 0.492 e. The number of nitrogens with zero attached hydrogens (tertiary/aromatic N) is 3. The Morgan fingerprint density at radius 1 is 1.18 bits per heavy atom. The van der Waals surface area contributed by atoms with Gasteiger partial charge in [-0.25, -0.2) is 4.99 Å². The molecule has 0 saturated heterocycles. The molecular formula is C21H30N4O3. The highest BCUT2D eigenvalue weighted by Crippen LogP contribution is 2.11. The molecule has 1 aromatic heterocycles. The molecule has 0 aliphatic heterocycles. The van der Waals surface area contributed by atoms with Crippen LogP contribution in [0.5, 0.6) is 5.75 Å². The predicted molar refractivity (Wildman–Crippen MR) is 111 cm³/mol. The molecule has 28 heavy (non-hydrogen) atoms. The van der Waals surface area contributed by atoms with Gasteiger partial charge in [0.05, 0.1) is 12.8 Å². The summed E-state index contributed by atoms with van der Waals surface area (Å²) in [4.78, 5) is 19.8. The number of hydrogen-bond donors (Lipinski definition) is 1. The lowest BCUT2D eigenvalue weighted by Crippen LogP contribution is -2.42. The first-order valence-corrected chi connectivity index (χ1v) is 9.37. The monoisotopic (exact) mass is 386 g/mol. The van der Waals surface area contributed by atoms with Crippen molar-refractivity contribution in [2.75, 3.05) is 47.4 Å². The molecule has 1 N–H and O–H groups in total. The lowest BCUT2D eigenvalue weighted by atomic mass is 10.2. The van der Waals surface area contributed by atoms with Crippen molar-refractivity contribution in [3.8, 4) is 5.75 Å². The van der Waals surface area contributed by atoms with Crippen molar-refractivity contribution in [1.29, 1.82) is 0 Å². The molecular weight excluding hydrogens is 356 g/mol. The first kappa shape index (κ1) is 21.3. The molecule has 0 atom stereocenters. The normalized spacial score (nSPS) is 11.2. The molecule has 7 heteroatoms. The maximum Gasteiger partial charge on any atom is 0.243 e. The molecule has 0 bridgehead atoms. The number of ether oxygens (including phenoxy) is 1. The van der Waals surface area contributed by atoms with Gasteiger partial charge in [-0.15, -0.1) is 0 Å². The van der Waals surface area contributed by atoms with Gasteiger partial charge in [0.2, 0.25) is 5.91 Å². The summed E-state index contributed by atoms with van der Waals surface area (Å²) in [7, 11) is 5.37. The minimum atomic E-state index is -0.0466. The third kappa shape index (κ3) is 7.34. The van der Waals surface area contributed by atoms with Gasteiger partial charge in [-0.1, -0.05) is 17.7 Å². The molecule has 0 saturated carbocycles. The van der Waals surface area contributed by atoms with Crippen LogP contribution in [0.2, 0.25) is 0 Å². The van der Waals surface area contributed by atoms with Crippen LogP contribution in [-0.2, 0) is 11.2 Å². The summed E-state index contributed by atoms with van der Waals surface area (Å²) < 4.78 is 11.1. The van der Waals surface area contributed by atoms with Crippen molar-refractivity contribution in [2.45, 2.75) is 13.3 Å². The molecule has 0 radical (unpaired) electrons. The fraction of sp³-hybridized carbons (Fsp3) is 0.429. The van der Waals surface area contributed by atoms with Crippen LogP contribution in [0.4, 0.5) is 0 Å². The second kappa shape index (κ2) is 11.0. The third-order valence-electron chi connectivity index (χ3n) is 4.18. The summed E-state index contributed by atoms with van der Waals surface area (Å²) in [5.74, 6) is 2.36. The minimum Gasteiger partial charge on any atom is -0.492 e. The molecule has 0 unspecified atom stereocenters. The Morgan fingerprint density at radius 3 is 2.57 bits per heavy atom. The Bertz CT molecular complexity index is 740. The van der Waals surface area contributed by atoms with Gasteiger partial charge in [-0.05, 0) is 31.2 Å². The topological polar surface area (TPSA) is 70.3 Å². The number of hydrogen-bond acceptors (Lipinski definition) is 4. The second-order valence-corrected chi connectivity index (χ2v) is 6.77. The van der Waals surface area contributed by atoms with Crippen molar-refractivity contribution in [2.24, 2.45) is 4.99 Å². The zero-order valence-electron chi connectivity index (χ0n) is 17.1. The summed E-state index contributed by atoms with van der Waals surface area (Å²) in [5.41, 5.74) is 1.20. The fourth-order valence-electron chi connectivity index (χ4n) is 2.39. The molecule has 1 amide bonds. The van der Waals surface area contributed by atoms with Crippen molar-refractivity contribution < 1.29 is 13.9 Å². The van der Waals surface area contributed by atoms with E-state index in [1.165, 1.54) is 10.5 Å². The van der Waals surface area contributed by atoms with Crippen LogP contribution >= 0.6 is 0 Å². The van der Waals surface area contributed by atoms with Crippen LogP contribution < -0.4 is 10.1 Å². The van der Waals surface area contributed by atoms with E-state index in [9.17, 15) is 4.79 Å². The molecule has 2 rings (SSSR count). The first-order valence-electron chi connectivity index (χ1n) is 9.37. The number of furan rings is 1. The van der Waals surface area contributed by atoms with E-state index >= 15 is 0 Å². The fourth-order valence-corrected chi connectivity index (χ4v) is 2.39. The number of amides is 1. The summed E-state index contributed by atoms with van der Waals surface area (Å²) in [6, 6.07) is 11.8. The quantitative estimate of drug-likeness (QED) is 0.528. The van der Waals surface area contributed by atoms with Crippen LogP contribution in [0.3, 0.4) is 0 Å². The third-order valence-corrected chi connectivity index (χ3v) is 4.18. The Balaban J connectivity index is 1.88.